The first kappa shape index (κ1) is 26.4. The number of hydrogen-bond acceptors (Lipinski definition) is 6. The Morgan fingerprint density at radius 1 is 1.03 bits per heavy atom. The summed E-state index contributed by atoms with van der Waals surface area (Å²) in [5, 5.41) is 7.34. The molecule has 0 unspecified atom stereocenters. The smallest absolute Gasteiger partial charge is 0.407 e. The number of esters is 1. The average molecular weight is 508 g/mol. The molecule has 1 amide bonds. The molecule has 2 aromatic carbocycles. The number of halogens is 1. The molecule has 37 heavy (non-hydrogen) atoms. The maximum atomic E-state index is 13.6. The van der Waals surface area contributed by atoms with Gasteiger partial charge in [0.15, 0.2) is 0 Å². The van der Waals surface area contributed by atoms with Crippen molar-refractivity contribution >= 4 is 28.7 Å². The molecule has 1 fully saturated rings. The van der Waals surface area contributed by atoms with Gasteiger partial charge in [-0.3, -0.25) is 0 Å². The summed E-state index contributed by atoms with van der Waals surface area (Å²) >= 11 is 0. The number of alkyl carbamates (subject to hydrolysis) is 1. The highest BCUT2D eigenvalue weighted by Crippen LogP contribution is 2.32. The van der Waals surface area contributed by atoms with E-state index in [-0.39, 0.29) is 18.0 Å². The highest BCUT2D eigenvalue weighted by molar-refractivity contribution is 5.96. The van der Waals surface area contributed by atoms with Gasteiger partial charge in [-0.1, -0.05) is 0 Å². The van der Waals surface area contributed by atoms with E-state index in [0.717, 1.165) is 60.1 Å². The van der Waals surface area contributed by atoms with E-state index in [1.807, 2.05) is 26.8 Å². The Kier molecular flexibility index (Phi) is 7.95. The highest BCUT2D eigenvalue weighted by Gasteiger charge is 2.25. The zero-order valence-electron chi connectivity index (χ0n) is 21.8. The second kappa shape index (κ2) is 11.2. The molecular weight excluding hydrogens is 473 g/mol. The third-order valence-corrected chi connectivity index (χ3v) is 6.50. The summed E-state index contributed by atoms with van der Waals surface area (Å²) in [5.74, 6) is -0.288. The number of pyridine rings is 1. The quantitative estimate of drug-likeness (QED) is 0.380. The van der Waals surface area contributed by atoms with Crippen LogP contribution < -0.4 is 10.6 Å². The number of anilines is 1. The van der Waals surface area contributed by atoms with Gasteiger partial charge in [-0.2, -0.15) is 0 Å². The van der Waals surface area contributed by atoms with Crippen LogP contribution in [0.25, 0.3) is 22.2 Å². The van der Waals surface area contributed by atoms with Gasteiger partial charge in [-0.25, -0.2) is 19.0 Å². The summed E-state index contributed by atoms with van der Waals surface area (Å²) in [4.78, 5) is 29.0. The molecule has 0 saturated heterocycles. The Bertz CT molecular complexity index is 1260. The molecule has 0 radical (unpaired) electrons. The van der Waals surface area contributed by atoms with Crippen molar-refractivity contribution < 1.29 is 23.5 Å². The summed E-state index contributed by atoms with van der Waals surface area (Å²) in [6.45, 7) is 6.30. The highest BCUT2D eigenvalue weighted by atomic mass is 19.1. The van der Waals surface area contributed by atoms with Gasteiger partial charge in [-0.05, 0) is 101 Å². The molecule has 1 heterocycles. The van der Waals surface area contributed by atoms with E-state index in [0.29, 0.717) is 11.5 Å². The average Bonchev–Trinajstić information content (AvgIpc) is 2.86. The molecule has 2 N–H and O–H groups in total. The zero-order valence-corrected chi connectivity index (χ0v) is 21.8. The lowest BCUT2D eigenvalue weighted by Gasteiger charge is -2.30. The number of rotatable bonds is 6. The normalized spacial score (nSPS) is 17.8. The predicted octanol–water partition coefficient (Wildman–Crippen LogP) is 6.32. The second-order valence-electron chi connectivity index (χ2n) is 10.5. The molecule has 0 spiro atoms. The van der Waals surface area contributed by atoms with E-state index in [1.54, 1.807) is 30.3 Å². The minimum Gasteiger partial charge on any atom is -0.465 e. The van der Waals surface area contributed by atoms with Gasteiger partial charge in [0.25, 0.3) is 0 Å². The number of ether oxygens (including phenoxy) is 2. The lowest BCUT2D eigenvalue weighted by atomic mass is 9.86. The summed E-state index contributed by atoms with van der Waals surface area (Å²) in [5.41, 5.74) is 3.00. The lowest BCUT2D eigenvalue weighted by Crippen LogP contribution is -2.41. The standard InChI is InChI=1S/C29H34FN3O4/c1-29(2,3)37-28(35)32-23-12-5-18(6-13-23)17-31-25-16-21-15-20(27(34)36-4)9-14-24(21)33-26(25)19-7-10-22(30)11-8-19/h7-11,14-16,18,23,31H,5-6,12-13,17H2,1-4H3,(H,32,35). The fourth-order valence-corrected chi connectivity index (χ4v) is 4.62. The molecule has 1 aliphatic rings. The Morgan fingerprint density at radius 2 is 1.73 bits per heavy atom. The molecule has 3 aromatic rings. The maximum Gasteiger partial charge on any atom is 0.407 e. The fraction of sp³-hybridized carbons (Fsp3) is 0.414. The number of carbonyl (C=O) groups is 2. The van der Waals surface area contributed by atoms with E-state index in [9.17, 15) is 14.0 Å². The third-order valence-electron chi connectivity index (χ3n) is 6.50. The van der Waals surface area contributed by atoms with E-state index < -0.39 is 11.6 Å². The molecule has 8 heteroatoms. The van der Waals surface area contributed by atoms with E-state index in [4.69, 9.17) is 14.5 Å². The molecule has 1 saturated carbocycles. The van der Waals surface area contributed by atoms with Crippen molar-refractivity contribution in [3.05, 3.63) is 59.9 Å². The first-order chi connectivity index (χ1) is 17.6. The Balaban J connectivity index is 1.48. The van der Waals surface area contributed by atoms with Crippen molar-refractivity contribution in [2.75, 3.05) is 19.0 Å². The minimum atomic E-state index is -0.515. The van der Waals surface area contributed by atoms with Crippen molar-refractivity contribution in [3.63, 3.8) is 0 Å². The number of nitrogens with zero attached hydrogens (tertiary/aromatic N) is 1. The van der Waals surface area contributed by atoms with Crippen LogP contribution in [0.15, 0.2) is 48.5 Å². The molecule has 196 valence electrons. The van der Waals surface area contributed by atoms with Gasteiger partial charge in [0.1, 0.15) is 11.4 Å². The molecule has 4 rings (SSSR count). The summed E-state index contributed by atoms with van der Waals surface area (Å²) in [6.07, 6.45) is 3.33. The van der Waals surface area contributed by atoms with Crippen molar-refractivity contribution in [2.45, 2.75) is 58.1 Å². The summed E-state index contributed by atoms with van der Waals surface area (Å²) in [7, 11) is 1.35. The second-order valence-corrected chi connectivity index (χ2v) is 10.5. The first-order valence-electron chi connectivity index (χ1n) is 12.6. The van der Waals surface area contributed by atoms with E-state index >= 15 is 0 Å². The number of nitrogens with one attached hydrogen (secondary N) is 2. The number of aromatic nitrogens is 1. The minimum absolute atomic E-state index is 0.111. The number of amides is 1. The molecule has 7 nitrogen and oxygen atoms in total. The van der Waals surface area contributed by atoms with Gasteiger partial charge >= 0.3 is 12.1 Å². The molecule has 0 aliphatic heterocycles. The lowest BCUT2D eigenvalue weighted by molar-refractivity contribution is 0.0487. The summed E-state index contributed by atoms with van der Waals surface area (Å²) in [6, 6.07) is 13.6. The van der Waals surface area contributed by atoms with Crippen LogP contribution in [0.5, 0.6) is 0 Å². The predicted molar refractivity (Wildman–Crippen MR) is 142 cm³/mol. The van der Waals surface area contributed by atoms with Crippen LogP contribution in [0.4, 0.5) is 14.9 Å². The van der Waals surface area contributed by atoms with Gasteiger partial charge in [0, 0.05) is 23.5 Å². The first-order valence-corrected chi connectivity index (χ1v) is 12.6. The van der Waals surface area contributed by atoms with Crippen LogP contribution in [0.1, 0.15) is 56.8 Å². The molecule has 1 aromatic heterocycles. The van der Waals surface area contributed by atoms with E-state index in [1.165, 1.54) is 19.2 Å². The van der Waals surface area contributed by atoms with Crippen LogP contribution >= 0.6 is 0 Å². The number of hydrogen-bond donors (Lipinski definition) is 2. The van der Waals surface area contributed by atoms with Crippen LogP contribution in [0.3, 0.4) is 0 Å². The topological polar surface area (TPSA) is 89.5 Å². The van der Waals surface area contributed by atoms with Crippen molar-refractivity contribution in [1.29, 1.82) is 0 Å². The van der Waals surface area contributed by atoms with Crippen molar-refractivity contribution in [3.8, 4) is 11.3 Å². The SMILES string of the molecule is COC(=O)c1ccc2nc(-c3ccc(F)cc3)c(NCC3CCC(NC(=O)OC(C)(C)C)CC3)cc2c1. The molecule has 0 bridgehead atoms. The van der Waals surface area contributed by atoms with Crippen LogP contribution in [-0.2, 0) is 9.47 Å². The van der Waals surface area contributed by atoms with Crippen LogP contribution in [0.2, 0.25) is 0 Å². The molecule has 0 atom stereocenters. The zero-order chi connectivity index (χ0) is 26.6. The van der Waals surface area contributed by atoms with Gasteiger partial charge < -0.3 is 20.1 Å². The monoisotopic (exact) mass is 507 g/mol. The molecular formula is C29H34FN3O4. The van der Waals surface area contributed by atoms with Crippen molar-refractivity contribution in [1.82, 2.24) is 10.3 Å². The van der Waals surface area contributed by atoms with Gasteiger partial charge in [0.2, 0.25) is 0 Å². The maximum absolute atomic E-state index is 13.6. The fourth-order valence-electron chi connectivity index (χ4n) is 4.62. The van der Waals surface area contributed by atoms with Crippen molar-refractivity contribution in [2.24, 2.45) is 5.92 Å². The number of methoxy groups -OCH3 is 1. The Hall–Kier alpha value is -3.68. The Morgan fingerprint density at radius 3 is 2.38 bits per heavy atom. The van der Waals surface area contributed by atoms with Gasteiger partial charge in [0.05, 0.1) is 29.6 Å². The third kappa shape index (κ3) is 6.96. The molecule has 1 aliphatic carbocycles. The van der Waals surface area contributed by atoms with E-state index in [2.05, 4.69) is 10.6 Å². The van der Waals surface area contributed by atoms with Crippen LogP contribution in [0, 0.1) is 11.7 Å². The summed E-state index contributed by atoms with van der Waals surface area (Å²) < 4.78 is 23.8. The Labute approximate surface area is 216 Å². The number of carbonyl (C=O) groups excluding carboxylic acids is 2. The number of benzene rings is 2. The van der Waals surface area contributed by atoms with Crippen LogP contribution in [-0.4, -0.2) is 42.3 Å². The van der Waals surface area contributed by atoms with Gasteiger partial charge in [-0.15, -0.1) is 0 Å². The number of fused-ring (bicyclic) bond motifs is 1. The largest absolute Gasteiger partial charge is 0.465 e.